The largest absolute Gasteiger partial charge is 0.491 e. The Kier molecular flexibility index (Phi) is 19.6. The number of hydrogen-bond acceptors (Lipinski definition) is 21. The van der Waals surface area contributed by atoms with E-state index in [4.69, 9.17) is 55.9 Å². The van der Waals surface area contributed by atoms with E-state index >= 15 is 0 Å². The van der Waals surface area contributed by atoms with E-state index in [9.17, 15) is 57.0 Å². The molecule has 384 valence electrons. The van der Waals surface area contributed by atoms with Gasteiger partial charge in [-0.3, -0.25) is 18.2 Å². The van der Waals surface area contributed by atoms with Gasteiger partial charge < -0.3 is 30.5 Å². The Bertz CT molecular complexity index is 3080. The summed E-state index contributed by atoms with van der Waals surface area (Å²) < 4.78 is 142. The highest BCUT2D eigenvalue weighted by Gasteiger charge is 2.20. The van der Waals surface area contributed by atoms with E-state index in [1.54, 1.807) is 0 Å². The molecule has 1 unspecified atom stereocenters. The standard InChI is InChI=1S/C38H40Cl4N10O15S4/c1-21(20-53)8-9-43-36-46-37(44-30-16-26(41)28(18-32(30)66-10-2-12-68(54,55)56)51-49-22-4-6-24(39)34(14-22)70(60,61)62)48-38(47-36)45-31-17-27(42)29(19-33(31)67-11-3-13-69(57,58)59)52-50-23-5-7-25(40)35(15-23)71(63,64)65/h4-7,14-19,21,53H,2-3,8-13,20H2,1H3,(H,54,55,56)(H,57,58,59)(H,60,61,62)(H,63,64,65)(H3,43,44,45,46,47,48). The number of aromatic nitrogens is 3. The van der Waals surface area contributed by atoms with Crippen LogP contribution >= 0.6 is 46.4 Å². The smallest absolute Gasteiger partial charge is 0.296 e. The molecule has 1 heterocycles. The van der Waals surface area contributed by atoms with Crippen molar-refractivity contribution in [2.24, 2.45) is 26.4 Å². The Morgan fingerprint density at radius 1 is 0.577 bits per heavy atom. The number of benzene rings is 4. The number of azo groups is 2. The van der Waals surface area contributed by atoms with Gasteiger partial charge in [-0.25, -0.2) is 0 Å². The Morgan fingerprint density at radius 2 is 0.986 bits per heavy atom. The molecule has 0 aliphatic rings. The van der Waals surface area contributed by atoms with Crippen molar-refractivity contribution >= 4 is 139 Å². The lowest BCUT2D eigenvalue weighted by Crippen LogP contribution is -2.14. The van der Waals surface area contributed by atoms with Crippen LogP contribution in [0.3, 0.4) is 0 Å². The molecule has 0 bridgehead atoms. The number of hydrogen-bond donors (Lipinski definition) is 8. The number of nitrogens with one attached hydrogen (secondary N) is 3. The molecule has 5 rings (SSSR count). The summed E-state index contributed by atoms with van der Waals surface area (Å²) in [4.78, 5) is 12.1. The third kappa shape index (κ3) is 18.1. The molecule has 8 N–H and O–H groups in total. The van der Waals surface area contributed by atoms with Crippen LogP contribution in [0, 0.1) is 5.92 Å². The molecule has 0 saturated heterocycles. The Morgan fingerprint density at radius 3 is 1.37 bits per heavy atom. The molecule has 1 aromatic heterocycles. The number of anilines is 5. The van der Waals surface area contributed by atoms with Gasteiger partial charge in [0.05, 0.1) is 67.6 Å². The summed E-state index contributed by atoms with van der Waals surface area (Å²) in [6.07, 6.45) is 0.106. The summed E-state index contributed by atoms with van der Waals surface area (Å²) in [5, 5.41) is 33.9. The van der Waals surface area contributed by atoms with Gasteiger partial charge in [0.1, 0.15) is 32.7 Å². The molecular weight excluding hydrogens is 1110 g/mol. The molecule has 0 radical (unpaired) electrons. The highest BCUT2D eigenvalue weighted by atomic mass is 35.5. The van der Waals surface area contributed by atoms with Crippen molar-refractivity contribution in [3.8, 4) is 11.5 Å². The molecule has 0 saturated carbocycles. The summed E-state index contributed by atoms with van der Waals surface area (Å²) >= 11 is 25.1. The van der Waals surface area contributed by atoms with E-state index < -0.39 is 61.8 Å². The van der Waals surface area contributed by atoms with Crippen LogP contribution in [0.2, 0.25) is 20.1 Å². The first kappa shape index (κ1) is 56.8. The van der Waals surface area contributed by atoms with Crippen molar-refractivity contribution in [1.82, 2.24) is 15.0 Å². The first-order valence-electron chi connectivity index (χ1n) is 20.0. The fourth-order valence-electron chi connectivity index (χ4n) is 5.58. The van der Waals surface area contributed by atoms with Crippen LogP contribution < -0.4 is 25.4 Å². The molecule has 33 heteroatoms. The fourth-order valence-corrected chi connectivity index (χ4v) is 8.93. The lowest BCUT2D eigenvalue weighted by molar-refractivity contribution is 0.233. The number of nitrogens with zero attached hydrogens (tertiary/aromatic N) is 7. The molecule has 4 aromatic carbocycles. The lowest BCUT2D eigenvalue weighted by Gasteiger charge is -2.17. The van der Waals surface area contributed by atoms with Gasteiger partial charge in [-0.05, 0) is 73.7 Å². The van der Waals surface area contributed by atoms with Crippen LogP contribution in [0.25, 0.3) is 0 Å². The molecule has 0 aliphatic heterocycles. The van der Waals surface area contributed by atoms with Gasteiger partial charge in [0, 0.05) is 25.3 Å². The van der Waals surface area contributed by atoms with Crippen LogP contribution in [-0.4, -0.2) is 110 Å². The zero-order chi connectivity index (χ0) is 52.3. The van der Waals surface area contributed by atoms with Gasteiger partial charge in [-0.2, -0.15) is 58.9 Å². The molecule has 5 aromatic rings. The van der Waals surface area contributed by atoms with E-state index in [1.165, 1.54) is 48.5 Å². The fraction of sp³-hybridized carbons (Fsp3) is 0.289. The quantitative estimate of drug-likeness (QED) is 0.0153. The molecular formula is C38H40Cl4N10O15S4. The van der Waals surface area contributed by atoms with E-state index in [0.29, 0.717) is 6.42 Å². The van der Waals surface area contributed by atoms with Crippen molar-refractivity contribution in [3.63, 3.8) is 0 Å². The molecule has 1 atom stereocenters. The molecule has 0 spiro atoms. The topological polar surface area (TPSA) is 380 Å². The second kappa shape index (κ2) is 24.5. The number of aliphatic hydroxyl groups is 1. The Balaban J connectivity index is 1.56. The third-order valence-electron chi connectivity index (χ3n) is 9.00. The summed E-state index contributed by atoms with van der Waals surface area (Å²) in [6, 6.07) is 12.1. The summed E-state index contributed by atoms with van der Waals surface area (Å²) in [5.74, 6) is -1.93. The minimum atomic E-state index is -4.73. The highest BCUT2D eigenvalue weighted by Crippen LogP contribution is 2.41. The van der Waals surface area contributed by atoms with Gasteiger partial charge in [0.15, 0.2) is 0 Å². The van der Waals surface area contributed by atoms with E-state index in [2.05, 4.69) is 51.4 Å². The zero-order valence-electron chi connectivity index (χ0n) is 36.3. The minimum absolute atomic E-state index is 0.0335. The van der Waals surface area contributed by atoms with Crippen LogP contribution in [-0.2, 0) is 40.5 Å². The monoisotopic (exact) mass is 1140 g/mol. The number of aliphatic hydroxyl groups excluding tert-OH is 1. The third-order valence-corrected chi connectivity index (χ3v) is 13.9. The van der Waals surface area contributed by atoms with Crippen LogP contribution in [0.4, 0.5) is 52.0 Å². The second-order valence-electron chi connectivity index (χ2n) is 14.7. The number of halogens is 4. The van der Waals surface area contributed by atoms with Crippen molar-refractivity contribution in [2.45, 2.75) is 36.0 Å². The lowest BCUT2D eigenvalue weighted by atomic mass is 10.1. The zero-order valence-corrected chi connectivity index (χ0v) is 42.6. The summed E-state index contributed by atoms with van der Waals surface area (Å²) in [5.41, 5.74) is -0.106. The predicted molar refractivity (Wildman–Crippen MR) is 263 cm³/mol. The maximum atomic E-state index is 11.8. The van der Waals surface area contributed by atoms with Gasteiger partial charge in [0.25, 0.3) is 40.5 Å². The highest BCUT2D eigenvalue weighted by molar-refractivity contribution is 7.86. The Labute approximate surface area is 426 Å². The molecule has 0 aliphatic carbocycles. The van der Waals surface area contributed by atoms with Gasteiger partial charge in [-0.15, -0.1) is 10.2 Å². The van der Waals surface area contributed by atoms with Crippen molar-refractivity contribution < 1.29 is 66.5 Å². The summed E-state index contributed by atoms with van der Waals surface area (Å²) in [6.45, 7) is 1.39. The molecule has 71 heavy (non-hydrogen) atoms. The van der Waals surface area contributed by atoms with Gasteiger partial charge >= 0.3 is 0 Å². The van der Waals surface area contributed by atoms with Gasteiger partial charge in [0.2, 0.25) is 17.8 Å². The predicted octanol–water partition coefficient (Wildman–Crippen LogP) is 9.04. The van der Waals surface area contributed by atoms with Gasteiger partial charge in [-0.1, -0.05) is 53.3 Å². The maximum Gasteiger partial charge on any atom is 0.296 e. The first-order chi connectivity index (χ1) is 33.2. The average Bonchev–Trinajstić information content (AvgIpc) is 3.26. The van der Waals surface area contributed by atoms with Crippen LogP contribution in [0.1, 0.15) is 26.2 Å². The SMILES string of the molecule is CC(CO)CCNc1nc(Nc2cc(Cl)c(N=Nc3ccc(Cl)c(S(=O)(=O)O)c3)cc2OCCCS(=O)(=O)O)nc(Nc2cc(Cl)c(N=Nc3ccc(Cl)c(S(=O)(=O)O)c3)cc2OCCCS(=O)(=O)O)n1. The van der Waals surface area contributed by atoms with E-state index in [0.717, 1.165) is 12.1 Å². The molecule has 0 amide bonds. The average molecular weight is 1150 g/mol. The van der Waals surface area contributed by atoms with Crippen LogP contribution in [0.15, 0.2) is 90.9 Å². The molecule has 0 fully saturated rings. The minimum Gasteiger partial charge on any atom is -0.491 e. The molecule has 25 nitrogen and oxygen atoms in total. The Hall–Kier alpha value is -5.15. The normalized spacial score (nSPS) is 12.9. The van der Waals surface area contributed by atoms with Crippen LogP contribution in [0.5, 0.6) is 11.5 Å². The van der Waals surface area contributed by atoms with Crippen molar-refractivity contribution in [3.05, 3.63) is 80.8 Å². The summed E-state index contributed by atoms with van der Waals surface area (Å²) in [7, 11) is -18.2. The van der Waals surface area contributed by atoms with Crippen molar-refractivity contribution in [2.75, 3.05) is 53.8 Å². The van der Waals surface area contributed by atoms with Crippen molar-refractivity contribution in [1.29, 1.82) is 0 Å². The maximum absolute atomic E-state index is 11.8. The number of ether oxygens (including phenoxy) is 2. The second-order valence-corrected chi connectivity index (χ2v) is 22.3. The van der Waals surface area contributed by atoms with E-state index in [-0.39, 0.29) is 129 Å². The van der Waals surface area contributed by atoms with E-state index in [1.807, 2.05) is 6.92 Å². The number of rotatable bonds is 25. The first-order valence-corrected chi connectivity index (χ1v) is 27.6.